The van der Waals surface area contributed by atoms with Crippen molar-refractivity contribution >= 4 is 14.2 Å². The molecular weight excluding hydrogens is 267 g/mol. The Balaban J connectivity index is 3.19. The Bertz CT molecular complexity index is 483. The molecule has 2 nitrogen and oxygen atoms in total. The molecule has 0 aromatic heterocycles. The summed E-state index contributed by atoms with van der Waals surface area (Å²) in [5.74, 6) is 0.475. The molecule has 0 spiro atoms. The van der Waals surface area contributed by atoms with Crippen molar-refractivity contribution < 1.29 is 9.36 Å². The van der Waals surface area contributed by atoms with Crippen molar-refractivity contribution in [3.05, 3.63) is 34.9 Å². The van der Waals surface area contributed by atoms with Gasteiger partial charge < -0.3 is 0 Å². The Kier molecular flexibility index (Phi) is 5.65. The molecule has 1 aromatic rings. The first kappa shape index (κ1) is 17.0. The summed E-state index contributed by atoms with van der Waals surface area (Å²) in [6, 6.07) is 5.83. The number of carbonyl (C=O) groups is 1. The molecule has 3 heteroatoms. The molecule has 110 valence electrons. The van der Waals surface area contributed by atoms with Gasteiger partial charge in [-0.05, 0) is 42.7 Å². The Labute approximate surface area is 124 Å². The summed E-state index contributed by atoms with van der Waals surface area (Å²) in [5.41, 5.74) is 1.90. The Morgan fingerprint density at radius 2 is 1.70 bits per heavy atom. The van der Waals surface area contributed by atoms with Crippen molar-refractivity contribution in [2.45, 2.75) is 53.6 Å². The summed E-state index contributed by atoms with van der Waals surface area (Å²) < 4.78 is 11.6. The van der Waals surface area contributed by atoms with E-state index in [1.165, 1.54) is 0 Å². The lowest BCUT2D eigenvalue weighted by atomic mass is 9.77. The standard InChI is InChI=1S/C17H25O2P/c1-11(2)10-17(5,6)16(20-19)15(18)14-12(3)8-7-9-13(14)4/h7-9,11,16H,10H2,1-6H3. The highest BCUT2D eigenvalue weighted by molar-refractivity contribution is 7.26. The highest BCUT2D eigenvalue weighted by atomic mass is 31.1. The zero-order valence-corrected chi connectivity index (χ0v) is 14.3. The number of aryl methyl sites for hydroxylation is 2. The Morgan fingerprint density at radius 1 is 1.20 bits per heavy atom. The van der Waals surface area contributed by atoms with E-state index >= 15 is 0 Å². The van der Waals surface area contributed by atoms with Crippen molar-refractivity contribution in [2.75, 3.05) is 0 Å². The number of carbonyl (C=O) groups excluding carboxylic acids is 1. The lowest BCUT2D eigenvalue weighted by molar-refractivity contribution is 0.0926. The molecule has 0 aliphatic rings. The molecule has 0 bridgehead atoms. The van der Waals surface area contributed by atoms with E-state index in [1.807, 2.05) is 45.9 Å². The zero-order chi connectivity index (χ0) is 15.5. The molecule has 1 rings (SSSR count). The third kappa shape index (κ3) is 3.76. The topological polar surface area (TPSA) is 34.1 Å². The van der Waals surface area contributed by atoms with Crippen molar-refractivity contribution in [1.82, 2.24) is 0 Å². The lowest BCUT2D eigenvalue weighted by Gasteiger charge is -2.31. The molecule has 0 N–H and O–H groups in total. The molecule has 1 aromatic carbocycles. The van der Waals surface area contributed by atoms with Crippen molar-refractivity contribution in [2.24, 2.45) is 11.3 Å². The van der Waals surface area contributed by atoms with Gasteiger partial charge in [-0.2, -0.15) is 0 Å². The van der Waals surface area contributed by atoms with E-state index in [9.17, 15) is 9.36 Å². The van der Waals surface area contributed by atoms with Gasteiger partial charge in [-0.25, -0.2) is 0 Å². The number of ketones is 1. The van der Waals surface area contributed by atoms with Crippen molar-refractivity contribution in [3.63, 3.8) is 0 Å². The third-order valence-corrected chi connectivity index (χ3v) is 4.90. The minimum absolute atomic E-state index is 0.00270. The SMILES string of the molecule is Cc1cccc(C)c1C(=O)C(P=O)C(C)(C)CC(C)C. The third-order valence-electron chi connectivity index (χ3n) is 3.76. The van der Waals surface area contributed by atoms with Gasteiger partial charge in [0.1, 0.15) is 5.66 Å². The van der Waals surface area contributed by atoms with Crippen LogP contribution in [0.3, 0.4) is 0 Å². The number of rotatable bonds is 6. The van der Waals surface area contributed by atoms with Crippen molar-refractivity contribution in [3.8, 4) is 0 Å². The van der Waals surface area contributed by atoms with Crippen LogP contribution < -0.4 is 0 Å². The van der Waals surface area contributed by atoms with E-state index in [1.54, 1.807) is 0 Å². The monoisotopic (exact) mass is 292 g/mol. The second kappa shape index (κ2) is 6.63. The normalized spacial score (nSPS) is 13.8. The summed E-state index contributed by atoms with van der Waals surface area (Å²) in [6.45, 7) is 12.2. The molecule has 0 saturated carbocycles. The zero-order valence-electron chi connectivity index (χ0n) is 13.4. The predicted molar refractivity (Wildman–Crippen MR) is 84.9 cm³/mol. The van der Waals surface area contributed by atoms with Gasteiger partial charge in [0, 0.05) is 5.56 Å². The van der Waals surface area contributed by atoms with Crippen LogP contribution in [0.2, 0.25) is 0 Å². The highest BCUT2D eigenvalue weighted by Gasteiger charge is 2.37. The van der Waals surface area contributed by atoms with Crippen LogP contribution in [0, 0.1) is 25.2 Å². The van der Waals surface area contributed by atoms with Gasteiger partial charge in [0.15, 0.2) is 14.2 Å². The van der Waals surface area contributed by atoms with Gasteiger partial charge >= 0.3 is 0 Å². The molecule has 0 fully saturated rings. The predicted octanol–water partition coefficient (Wildman–Crippen LogP) is 5.22. The largest absolute Gasteiger partial charge is 0.293 e. The summed E-state index contributed by atoms with van der Waals surface area (Å²) in [7, 11) is -0.0807. The molecule has 0 amide bonds. The minimum Gasteiger partial charge on any atom is -0.293 e. The van der Waals surface area contributed by atoms with E-state index in [4.69, 9.17) is 0 Å². The van der Waals surface area contributed by atoms with Gasteiger partial charge in [-0.1, -0.05) is 45.9 Å². The first-order valence-electron chi connectivity index (χ1n) is 7.13. The lowest BCUT2D eigenvalue weighted by Crippen LogP contribution is -2.34. The van der Waals surface area contributed by atoms with Crippen LogP contribution >= 0.6 is 8.46 Å². The minimum atomic E-state index is -0.482. The van der Waals surface area contributed by atoms with Crippen LogP contribution in [-0.2, 0) is 4.57 Å². The Morgan fingerprint density at radius 3 is 2.10 bits per heavy atom. The van der Waals surface area contributed by atoms with E-state index in [2.05, 4.69) is 13.8 Å². The number of hydrogen-bond acceptors (Lipinski definition) is 2. The maximum atomic E-state index is 12.8. The van der Waals surface area contributed by atoms with Gasteiger partial charge in [-0.15, -0.1) is 0 Å². The van der Waals surface area contributed by atoms with E-state index in [0.717, 1.165) is 23.1 Å². The number of benzene rings is 1. The number of hydrogen-bond donors (Lipinski definition) is 0. The van der Waals surface area contributed by atoms with Gasteiger partial charge in [0.25, 0.3) is 0 Å². The molecule has 0 heterocycles. The van der Waals surface area contributed by atoms with Gasteiger partial charge in [-0.3, -0.25) is 9.36 Å². The average molecular weight is 292 g/mol. The van der Waals surface area contributed by atoms with E-state index in [-0.39, 0.29) is 19.7 Å². The van der Waals surface area contributed by atoms with Gasteiger partial charge in [0.05, 0.1) is 0 Å². The van der Waals surface area contributed by atoms with Crippen molar-refractivity contribution in [1.29, 1.82) is 0 Å². The second-order valence-electron chi connectivity index (χ2n) is 6.73. The molecule has 0 saturated heterocycles. The maximum absolute atomic E-state index is 12.8. The van der Waals surface area contributed by atoms with Crippen LogP contribution in [0.15, 0.2) is 18.2 Å². The molecule has 0 aliphatic heterocycles. The van der Waals surface area contributed by atoms with Crippen LogP contribution in [0.5, 0.6) is 0 Å². The van der Waals surface area contributed by atoms with Gasteiger partial charge in [0.2, 0.25) is 0 Å². The fourth-order valence-electron chi connectivity index (χ4n) is 3.05. The highest BCUT2D eigenvalue weighted by Crippen LogP contribution is 2.38. The molecule has 20 heavy (non-hydrogen) atoms. The van der Waals surface area contributed by atoms with E-state index < -0.39 is 5.66 Å². The fourth-order valence-corrected chi connectivity index (χ4v) is 3.66. The molecule has 1 atom stereocenters. The molecule has 0 aliphatic carbocycles. The summed E-state index contributed by atoms with van der Waals surface area (Å²) in [6.07, 6.45) is 0.879. The fraction of sp³-hybridized carbons (Fsp3) is 0.588. The summed E-state index contributed by atoms with van der Waals surface area (Å²) >= 11 is 0. The van der Waals surface area contributed by atoms with Crippen LogP contribution in [0.25, 0.3) is 0 Å². The molecule has 0 radical (unpaired) electrons. The van der Waals surface area contributed by atoms with Crippen LogP contribution in [0.1, 0.15) is 55.6 Å². The quantitative estimate of drug-likeness (QED) is 0.532. The second-order valence-corrected chi connectivity index (χ2v) is 7.45. The summed E-state index contributed by atoms with van der Waals surface area (Å²) in [5, 5.41) is 0. The molecule has 1 unspecified atom stereocenters. The van der Waals surface area contributed by atoms with Crippen LogP contribution in [-0.4, -0.2) is 11.4 Å². The Hall–Kier alpha value is -1.01. The molecular formula is C17H25O2P. The summed E-state index contributed by atoms with van der Waals surface area (Å²) in [4.78, 5) is 12.8. The maximum Gasteiger partial charge on any atom is 0.178 e. The first-order chi connectivity index (χ1) is 9.20. The smallest absolute Gasteiger partial charge is 0.178 e. The van der Waals surface area contributed by atoms with Crippen LogP contribution in [0.4, 0.5) is 0 Å². The average Bonchev–Trinajstić information content (AvgIpc) is 2.26. The number of Topliss-reactive ketones (excluding diaryl/α,β-unsaturated/α-hetero) is 1. The van der Waals surface area contributed by atoms with E-state index in [0.29, 0.717) is 5.92 Å². The first-order valence-corrected chi connectivity index (χ1v) is 8.01.